The number of benzene rings is 1. The van der Waals surface area contributed by atoms with Gasteiger partial charge in [0.1, 0.15) is 24.4 Å². The van der Waals surface area contributed by atoms with E-state index in [2.05, 4.69) is 15.1 Å². The van der Waals surface area contributed by atoms with Gasteiger partial charge < -0.3 is 13.7 Å². The summed E-state index contributed by atoms with van der Waals surface area (Å²) in [6.07, 6.45) is 3.30. The first-order valence-electron chi connectivity index (χ1n) is 8.83. The molecule has 29 heavy (non-hydrogen) atoms. The molecule has 0 fully saturated rings. The molecule has 0 aliphatic rings. The van der Waals surface area contributed by atoms with E-state index in [1.54, 1.807) is 23.7 Å². The van der Waals surface area contributed by atoms with Gasteiger partial charge in [0.2, 0.25) is 5.89 Å². The second-order valence-corrected chi connectivity index (χ2v) is 6.35. The number of ether oxygens (including phenoxy) is 1. The van der Waals surface area contributed by atoms with Crippen molar-refractivity contribution in [3.05, 3.63) is 69.5 Å². The van der Waals surface area contributed by atoms with E-state index >= 15 is 0 Å². The summed E-state index contributed by atoms with van der Waals surface area (Å²) in [4.78, 5) is 32.7. The molecule has 3 aromatic heterocycles. The first-order chi connectivity index (χ1) is 14.0. The smallest absolute Gasteiger partial charge is 0.437 e. The van der Waals surface area contributed by atoms with Crippen LogP contribution in [0, 0.1) is 5.82 Å². The Kier molecular flexibility index (Phi) is 4.94. The quantitative estimate of drug-likeness (QED) is 0.425. The maximum absolute atomic E-state index is 13.1. The Bertz CT molecular complexity index is 1270. The minimum atomic E-state index is -0.631. The van der Waals surface area contributed by atoms with E-state index in [9.17, 15) is 14.0 Å². The van der Waals surface area contributed by atoms with Gasteiger partial charge in [0.15, 0.2) is 11.2 Å². The molecule has 150 valence electrons. The van der Waals surface area contributed by atoms with Crippen LogP contribution >= 0.6 is 0 Å². The summed E-state index contributed by atoms with van der Waals surface area (Å²) in [5.74, 6) is -0.510. The van der Waals surface area contributed by atoms with E-state index in [0.29, 0.717) is 23.3 Å². The van der Waals surface area contributed by atoms with Gasteiger partial charge in [0.05, 0.1) is 19.5 Å². The van der Waals surface area contributed by atoms with Crippen LogP contribution in [0.1, 0.15) is 12.3 Å². The van der Waals surface area contributed by atoms with Crippen molar-refractivity contribution in [1.29, 1.82) is 0 Å². The van der Waals surface area contributed by atoms with Crippen LogP contribution in [0.15, 0.2) is 50.9 Å². The fourth-order valence-corrected chi connectivity index (χ4v) is 2.85. The molecule has 0 saturated heterocycles. The normalized spacial score (nSPS) is 11.2. The van der Waals surface area contributed by atoms with Crippen LogP contribution < -0.4 is 16.1 Å². The monoisotopic (exact) mass is 400 g/mol. The third kappa shape index (κ3) is 3.93. The second-order valence-electron chi connectivity index (χ2n) is 6.35. The van der Waals surface area contributed by atoms with E-state index < -0.39 is 5.76 Å². The average Bonchev–Trinajstić information content (AvgIpc) is 3.24. The summed E-state index contributed by atoms with van der Waals surface area (Å²) in [7, 11) is 1.70. The Labute approximate surface area is 162 Å². The lowest BCUT2D eigenvalue weighted by atomic mass is 10.3. The highest BCUT2D eigenvalue weighted by atomic mass is 19.1. The molecule has 0 radical (unpaired) electrons. The molecule has 0 atom stereocenters. The lowest BCUT2D eigenvalue weighted by molar-refractivity contribution is 0.294. The van der Waals surface area contributed by atoms with Gasteiger partial charge in [0.25, 0.3) is 5.56 Å². The first-order valence-corrected chi connectivity index (χ1v) is 8.83. The summed E-state index contributed by atoms with van der Waals surface area (Å²) in [6, 6.07) is 5.81. The van der Waals surface area contributed by atoms with Crippen LogP contribution in [0.5, 0.6) is 5.75 Å². The van der Waals surface area contributed by atoms with Gasteiger partial charge in [-0.3, -0.25) is 9.36 Å². The van der Waals surface area contributed by atoms with Crippen LogP contribution in [0.25, 0.3) is 11.2 Å². The number of fused-ring (bicyclic) bond motifs is 1. The van der Waals surface area contributed by atoms with E-state index in [0.717, 1.165) is 4.68 Å². The van der Waals surface area contributed by atoms with E-state index in [-0.39, 0.29) is 37.0 Å². The fraction of sp³-hybridized carbons (Fsp3) is 0.278. The molecule has 11 heteroatoms. The van der Waals surface area contributed by atoms with Gasteiger partial charge in [-0.05, 0) is 12.1 Å². The Morgan fingerprint density at radius 3 is 2.86 bits per heavy atom. The molecule has 0 amide bonds. The Balaban J connectivity index is 1.40. The zero-order chi connectivity index (χ0) is 20.4. The molecule has 0 N–H and O–H groups in total. The lowest BCUT2D eigenvalue weighted by Crippen LogP contribution is -2.22. The fourth-order valence-electron chi connectivity index (χ4n) is 2.85. The van der Waals surface area contributed by atoms with Crippen molar-refractivity contribution in [2.24, 2.45) is 7.05 Å². The van der Waals surface area contributed by atoms with Crippen molar-refractivity contribution in [3.63, 3.8) is 0 Å². The molecule has 3 heterocycles. The topological polar surface area (TPSA) is 110 Å². The van der Waals surface area contributed by atoms with Crippen LogP contribution in [-0.2, 0) is 20.1 Å². The molecule has 4 aromatic rings. The molecule has 0 spiro atoms. The number of aryl methyl sites for hydroxylation is 2. The lowest BCUT2D eigenvalue weighted by Gasteiger charge is -2.05. The Morgan fingerprint density at radius 1 is 1.21 bits per heavy atom. The molecular weight excluding hydrogens is 383 g/mol. The largest absolute Gasteiger partial charge is 0.493 e. The first kappa shape index (κ1) is 18.6. The number of imidazole rings is 1. The molecular formula is C18H17FN6O4. The summed E-state index contributed by atoms with van der Waals surface area (Å²) >= 11 is 0. The number of rotatable bonds is 7. The van der Waals surface area contributed by atoms with Crippen LogP contribution in [-0.4, -0.2) is 35.5 Å². The predicted molar refractivity (Wildman–Crippen MR) is 99.1 cm³/mol. The molecule has 0 aliphatic carbocycles. The third-order valence-electron chi connectivity index (χ3n) is 4.23. The molecule has 4 rings (SSSR count). The van der Waals surface area contributed by atoms with Gasteiger partial charge in [-0.25, -0.2) is 19.2 Å². The van der Waals surface area contributed by atoms with Gasteiger partial charge in [-0.15, -0.1) is 5.10 Å². The minimum Gasteiger partial charge on any atom is -0.493 e. The van der Waals surface area contributed by atoms with Crippen LogP contribution in [0.4, 0.5) is 4.39 Å². The van der Waals surface area contributed by atoms with Crippen molar-refractivity contribution < 1.29 is 13.5 Å². The van der Waals surface area contributed by atoms with Gasteiger partial charge in [-0.1, -0.05) is 6.07 Å². The summed E-state index contributed by atoms with van der Waals surface area (Å²) in [5, 5.41) is 4.11. The van der Waals surface area contributed by atoms with Gasteiger partial charge in [0, 0.05) is 19.5 Å². The number of nitrogens with zero attached hydrogens (tertiary/aromatic N) is 6. The zero-order valence-corrected chi connectivity index (χ0v) is 15.5. The van der Waals surface area contributed by atoms with Gasteiger partial charge >= 0.3 is 5.76 Å². The molecule has 0 unspecified atom stereocenters. The molecule has 0 aliphatic heterocycles. The highest BCUT2D eigenvalue weighted by Gasteiger charge is 2.13. The summed E-state index contributed by atoms with van der Waals surface area (Å²) in [5.41, 5.74) is 0.387. The molecule has 0 bridgehead atoms. The van der Waals surface area contributed by atoms with Crippen molar-refractivity contribution in [2.45, 2.75) is 19.5 Å². The highest BCUT2D eigenvalue weighted by Crippen LogP contribution is 2.12. The average molecular weight is 400 g/mol. The Morgan fingerprint density at radius 2 is 2.03 bits per heavy atom. The third-order valence-corrected chi connectivity index (χ3v) is 4.23. The summed E-state index contributed by atoms with van der Waals surface area (Å²) in [6.45, 7) is 0.499. The Hall–Kier alpha value is -3.76. The minimum absolute atomic E-state index is 0.0328. The van der Waals surface area contributed by atoms with E-state index in [1.807, 2.05) is 0 Å². The van der Waals surface area contributed by atoms with Crippen molar-refractivity contribution >= 4 is 11.2 Å². The molecule has 10 nitrogen and oxygen atoms in total. The van der Waals surface area contributed by atoms with Crippen LogP contribution in [0.2, 0.25) is 0 Å². The molecule has 0 saturated carbocycles. The van der Waals surface area contributed by atoms with Crippen molar-refractivity contribution in [3.8, 4) is 5.75 Å². The number of halogens is 1. The van der Waals surface area contributed by atoms with E-state index in [1.165, 1.54) is 29.4 Å². The van der Waals surface area contributed by atoms with Crippen LogP contribution in [0.3, 0.4) is 0 Å². The maximum Gasteiger partial charge on any atom is 0.437 e. The van der Waals surface area contributed by atoms with Crippen molar-refractivity contribution in [2.75, 3.05) is 6.61 Å². The SMILES string of the molecule is Cn1cnc2ncn(Cc3nn(CCCOc4cccc(F)c4)c(=O)o3)c(=O)c21. The van der Waals surface area contributed by atoms with Gasteiger partial charge in [-0.2, -0.15) is 4.68 Å². The molecule has 1 aromatic carbocycles. The standard InChI is InChI=1S/C18H17FN6O4/c1-23-10-20-16-15(23)17(26)24(11-21-16)9-14-22-25(18(27)29-14)6-3-7-28-13-5-2-4-12(19)8-13/h2,4-5,8,10-11H,3,6-7,9H2,1H3. The zero-order valence-electron chi connectivity index (χ0n) is 15.5. The maximum atomic E-state index is 13.1. The number of hydrogen-bond acceptors (Lipinski definition) is 7. The van der Waals surface area contributed by atoms with Crippen molar-refractivity contribution in [1.82, 2.24) is 28.9 Å². The second kappa shape index (κ2) is 7.70. The number of aromatic nitrogens is 6. The predicted octanol–water partition coefficient (Wildman–Crippen LogP) is 0.936. The number of hydrogen-bond donors (Lipinski definition) is 0. The highest BCUT2D eigenvalue weighted by molar-refractivity contribution is 5.68. The van der Waals surface area contributed by atoms with E-state index in [4.69, 9.17) is 9.15 Å². The summed E-state index contributed by atoms with van der Waals surface area (Å²) < 4.78 is 27.7.